The lowest BCUT2D eigenvalue weighted by molar-refractivity contribution is 0.415. The highest BCUT2D eigenvalue weighted by molar-refractivity contribution is 7.16. The summed E-state index contributed by atoms with van der Waals surface area (Å²) in [6.45, 7) is 0. The van der Waals surface area contributed by atoms with E-state index in [0.29, 0.717) is 11.2 Å². The number of hydrogen-bond acceptors (Lipinski definition) is 6. The molecule has 0 fully saturated rings. The molecular weight excluding hydrogens is 336 g/mol. The highest BCUT2D eigenvalue weighted by Crippen LogP contribution is 2.27. The van der Waals surface area contributed by atoms with Crippen LogP contribution in [0.15, 0.2) is 52.8 Å². The number of anilines is 1. The summed E-state index contributed by atoms with van der Waals surface area (Å²) in [6, 6.07) is 14.5. The summed E-state index contributed by atoms with van der Waals surface area (Å²) in [4.78, 5) is 17.0. The molecule has 25 heavy (non-hydrogen) atoms. The van der Waals surface area contributed by atoms with E-state index in [1.165, 1.54) is 16.0 Å². The molecule has 2 heterocycles. The number of ether oxygens (including phenoxy) is 1. The molecule has 7 heteroatoms. The van der Waals surface area contributed by atoms with Gasteiger partial charge >= 0.3 is 0 Å². The van der Waals surface area contributed by atoms with E-state index in [0.717, 1.165) is 21.4 Å². The monoisotopic (exact) mass is 348 g/mol. The first-order valence-electron chi connectivity index (χ1n) is 7.44. The number of aromatic nitrogens is 2. The van der Waals surface area contributed by atoms with Gasteiger partial charge in [0.2, 0.25) is 0 Å². The van der Waals surface area contributed by atoms with E-state index in [-0.39, 0.29) is 5.56 Å². The third kappa shape index (κ3) is 2.49. The van der Waals surface area contributed by atoms with Crippen molar-refractivity contribution in [2.45, 2.75) is 0 Å². The molecule has 0 spiro atoms. The van der Waals surface area contributed by atoms with Gasteiger partial charge in [0.15, 0.2) is 0 Å². The Balaban J connectivity index is 1.95. The van der Waals surface area contributed by atoms with E-state index in [9.17, 15) is 10.1 Å². The van der Waals surface area contributed by atoms with E-state index in [1.54, 1.807) is 43.0 Å². The smallest absolute Gasteiger partial charge is 0.287 e. The number of fused-ring (bicyclic) bond motifs is 3. The Hall–Kier alpha value is -3.37. The number of nitriles is 1. The number of rotatable bonds is 3. The second-order valence-corrected chi connectivity index (χ2v) is 6.23. The second-order valence-electron chi connectivity index (χ2n) is 5.35. The van der Waals surface area contributed by atoms with Gasteiger partial charge in [-0.3, -0.25) is 10.2 Å². The molecular formula is C18H12N4O2S. The number of thiazole rings is 1. The van der Waals surface area contributed by atoms with Crippen molar-refractivity contribution in [3.05, 3.63) is 63.9 Å². The molecule has 2 aromatic carbocycles. The van der Waals surface area contributed by atoms with Gasteiger partial charge in [-0.2, -0.15) is 5.26 Å². The first kappa shape index (κ1) is 15.2. The Morgan fingerprint density at radius 2 is 2.04 bits per heavy atom. The molecule has 4 aromatic rings. The van der Waals surface area contributed by atoms with Crippen LogP contribution in [-0.4, -0.2) is 16.8 Å². The van der Waals surface area contributed by atoms with Crippen LogP contribution < -0.4 is 15.7 Å². The van der Waals surface area contributed by atoms with Crippen LogP contribution >= 0.6 is 11.3 Å². The average Bonchev–Trinajstić information content (AvgIpc) is 3.13. The van der Waals surface area contributed by atoms with Crippen molar-refractivity contribution in [3.63, 3.8) is 0 Å². The summed E-state index contributed by atoms with van der Waals surface area (Å²) < 4.78 is 7.53. The highest BCUT2D eigenvalue weighted by Gasteiger charge is 2.13. The van der Waals surface area contributed by atoms with Gasteiger partial charge in [-0.25, -0.2) is 9.66 Å². The van der Waals surface area contributed by atoms with Crippen molar-refractivity contribution in [1.29, 1.82) is 5.26 Å². The maximum atomic E-state index is 12.7. The summed E-state index contributed by atoms with van der Waals surface area (Å²) in [6.07, 6.45) is 0. The Labute approximate surface area is 146 Å². The van der Waals surface area contributed by atoms with E-state index in [4.69, 9.17) is 4.74 Å². The van der Waals surface area contributed by atoms with Gasteiger partial charge in [-0.15, -0.1) is 11.3 Å². The van der Waals surface area contributed by atoms with Crippen molar-refractivity contribution in [3.8, 4) is 11.8 Å². The summed E-state index contributed by atoms with van der Waals surface area (Å²) in [5.41, 5.74) is 6.64. The molecule has 2 aromatic heterocycles. The second kappa shape index (κ2) is 5.92. The standard InChI is InChI=1S/C18H12N4O2S/c1-24-13-4-2-12(3-5-13)21-22-15-6-7-16-17(20-10-25-16)14(15)8-11(9-19)18(22)23/h2-8,10,21H,1H3. The molecule has 122 valence electrons. The zero-order valence-corrected chi connectivity index (χ0v) is 14.0. The fourth-order valence-electron chi connectivity index (χ4n) is 2.70. The van der Waals surface area contributed by atoms with Gasteiger partial charge < -0.3 is 4.74 Å². The fraction of sp³-hybridized carbons (Fsp3) is 0.0556. The van der Waals surface area contributed by atoms with Gasteiger partial charge in [0.05, 0.1) is 34.0 Å². The Kier molecular flexibility index (Phi) is 3.60. The predicted octanol–water partition coefficient (Wildman–Crippen LogP) is 3.37. The molecule has 1 N–H and O–H groups in total. The minimum absolute atomic E-state index is 0.0639. The van der Waals surface area contributed by atoms with E-state index < -0.39 is 5.56 Å². The number of nitrogens with zero attached hydrogens (tertiary/aromatic N) is 3. The lowest BCUT2D eigenvalue weighted by Crippen LogP contribution is -2.28. The first-order chi connectivity index (χ1) is 12.2. The zero-order valence-electron chi connectivity index (χ0n) is 13.2. The Morgan fingerprint density at radius 3 is 2.76 bits per heavy atom. The summed E-state index contributed by atoms with van der Waals surface area (Å²) in [7, 11) is 1.59. The molecule has 0 saturated heterocycles. The van der Waals surface area contributed by atoms with Gasteiger partial charge in [0.25, 0.3) is 5.56 Å². The van der Waals surface area contributed by atoms with Gasteiger partial charge in [0, 0.05) is 5.39 Å². The van der Waals surface area contributed by atoms with E-state index in [2.05, 4.69) is 10.4 Å². The van der Waals surface area contributed by atoms with Gasteiger partial charge in [-0.05, 0) is 42.5 Å². The molecule has 0 atom stereocenters. The fourth-order valence-corrected chi connectivity index (χ4v) is 3.39. The van der Waals surface area contributed by atoms with Crippen LogP contribution in [0.25, 0.3) is 21.1 Å². The molecule has 6 nitrogen and oxygen atoms in total. The van der Waals surface area contributed by atoms with Crippen molar-refractivity contribution < 1.29 is 4.74 Å². The quantitative estimate of drug-likeness (QED) is 0.614. The molecule has 0 saturated carbocycles. The topological polar surface area (TPSA) is 79.9 Å². The number of benzene rings is 2. The Bertz CT molecular complexity index is 1190. The van der Waals surface area contributed by atoms with Crippen molar-refractivity contribution in [2.75, 3.05) is 12.5 Å². The SMILES string of the molecule is COc1ccc(Nn2c(=O)c(C#N)cc3c4ncsc4ccc32)cc1. The lowest BCUT2D eigenvalue weighted by atomic mass is 10.1. The number of nitrogens with one attached hydrogen (secondary N) is 1. The summed E-state index contributed by atoms with van der Waals surface area (Å²) in [5, 5.41) is 10.1. The molecule has 0 bridgehead atoms. The molecule has 0 aliphatic rings. The normalized spacial score (nSPS) is 10.7. The van der Waals surface area contributed by atoms with Crippen molar-refractivity contribution >= 4 is 38.1 Å². The third-order valence-electron chi connectivity index (χ3n) is 3.93. The highest BCUT2D eigenvalue weighted by atomic mass is 32.1. The van der Waals surface area contributed by atoms with Crippen molar-refractivity contribution in [2.24, 2.45) is 0 Å². The van der Waals surface area contributed by atoms with Crippen LogP contribution in [0, 0.1) is 11.3 Å². The average molecular weight is 348 g/mol. The van der Waals surface area contributed by atoms with Crippen molar-refractivity contribution in [1.82, 2.24) is 9.66 Å². The largest absolute Gasteiger partial charge is 0.497 e. The van der Waals surface area contributed by atoms with Crippen LogP contribution in [-0.2, 0) is 0 Å². The molecule has 0 aliphatic heterocycles. The molecule has 0 unspecified atom stereocenters. The number of pyridine rings is 1. The van der Waals surface area contributed by atoms with Gasteiger partial charge in [0.1, 0.15) is 17.4 Å². The molecule has 0 aliphatic carbocycles. The van der Waals surface area contributed by atoms with Crippen LogP contribution in [0.3, 0.4) is 0 Å². The molecule has 0 radical (unpaired) electrons. The van der Waals surface area contributed by atoms with Crippen LogP contribution in [0.2, 0.25) is 0 Å². The number of hydrogen-bond donors (Lipinski definition) is 1. The predicted molar refractivity (Wildman–Crippen MR) is 98.1 cm³/mol. The Morgan fingerprint density at radius 1 is 1.24 bits per heavy atom. The van der Waals surface area contributed by atoms with E-state index in [1.807, 2.05) is 18.2 Å². The maximum Gasteiger partial charge on any atom is 0.287 e. The summed E-state index contributed by atoms with van der Waals surface area (Å²) in [5.74, 6) is 0.720. The first-order valence-corrected chi connectivity index (χ1v) is 8.32. The minimum atomic E-state index is -0.402. The van der Waals surface area contributed by atoms with Crippen LogP contribution in [0.4, 0.5) is 5.69 Å². The summed E-state index contributed by atoms with van der Waals surface area (Å²) >= 11 is 1.52. The van der Waals surface area contributed by atoms with Gasteiger partial charge in [-0.1, -0.05) is 0 Å². The maximum absolute atomic E-state index is 12.7. The third-order valence-corrected chi connectivity index (χ3v) is 4.73. The van der Waals surface area contributed by atoms with E-state index >= 15 is 0 Å². The zero-order chi connectivity index (χ0) is 17.4. The molecule has 0 amide bonds. The lowest BCUT2D eigenvalue weighted by Gasteiger charge is -2.14. The minimum Gasteiger partial charge on any atom is -0.497 e. The number of methoxy groups -OCH3 is 1. The molecule has 4 rings (SSSR count). The van der Waals surface area contributed by atoms with Crippen LogP contribution in [0.1, 0.15) is 5.56 Å². The van der Waals surface area contributed by atoms with Crippen LogP contribution in [0.5, 0.6) is 5.75 Å².